The Kier molecular flexibility index (Phi) is 6.09. The number of amides is 1. The van der Waals surface area contributed by atoms with Crippen molar-refractivity contribution in [2.24, 2.45) is 11.5 Å². The van der Waals surface area contributed by atoms with E-state index in [4.69, 9.17) is 11.5 Å². The smallest absolute Gasteiger partial charge is 0.235 e. The fraction of sp³-hybridized carbons (Fsp3) is 0.750. The Morgan fingerprint density at radius 1 is 1.46 bits per heavy atom. The van der Waals surface area contributed by atoms with Gasteiger partial charge in [0, 0.05) is 13.0 Å². The van der Waals surface area contributed by atoms with E-state index in [-0.39, 0.29) is 5.78 Å². The van der Waals surface area contributed by atoms with Crippen LogP contribution in [0.4, 0.5) is 0 Å². The zero-order valence-corrected chi connectivity index (χ0v) is 7.88. The van der Waals surface area contributed by atoms with E-state index in [1.165, 1.54) is 0 Å². The Bertz CT molecular complexity index is 182. The molecule has 0 radical (unpaired) electrons. The molecule has 0 aromatic rings. The van der Waals surface area contributed by atoms with Crippen LogP contribution in [0.15, 0.2) is 0 Å². The summed E-state index contributed by atoms with van der Waals surface area (Å²) in [5.74, 6) is -0.347. The van der Waals surface area contributed by atoms with E-state index >= 15 is 0 Å². The van der Waals surface area contributed by atoms with Crippen molar-refractivity contribution in [1.29, 1.82) is 0 Å². The minimum Gasteiger partial charge on any atom is -0.368 e. The van der Waals surface area contributed by atoms with Gasteiger partial charge in [-0.05, 0) is 19.9 Å². The average Bonchev–Trinajstić information content (AvgIpc) is 2.02. The molecule has 13 heavy (non-hydrogen) atoms. The van der Waals surface area contributed by atoms with E-state index in [0.29, 0.717) is 19.5 Å². The highest BCUT2D eigenvalue weighted by atomic mass is 16.1. The van der Waals surface area contributed by atoms with Gasteiger partial charge >= 0.3 is 0 Å². The molecule has 1 unspecified atom stereocenters. The summed E-state index contributed by atoms with van der Waals surface area (Å²) >= 11 is 0. The molecule has 5 nitrogen and oxygen atoms in total. The van der Waals surface area contributed by atoms with Gasteiger partial charge in [0.2, 0.25) is 5.91 Å². The summed E-state index contributed by atoms with van der Waals surface area (Å²) in [6, 6.07) is -0.641. The van der Waals surface area contributed by atoms with E-state index in [0.717, 1.165) is 6.42 Å². The molecule has 0 aliphatic rings. The minimum atomic E-state index is -0.641. The topological polar surface area (TPSA) is 98.2 Å². The normalized spacial score (nSPS) is 12.5. The number of Topliss-reactive ketones (excluding diaryl/α,β-unsaturated/α-hetero) is 1. The first-order valence-electron chi connectivity index (χ1n) is 4.29. The van der Waals surface area contributed by atoms with E-state index in [1.54, 1.807) is 6.92 Å². The van der Waals surface area contributed by atoms with Crippen LogP contribution in [-0.4, -0.2) is 30.8 Å². The van der Waals surface area contributed by atoms with Gasteiger partial charge in [-0.25, -0.2) is 0 Å². The predicted molar refractivity (Wildman–Crippen MR) is 50.0 cm³/mol. The highest BCUT2D eigenvalue weighted by Gasteiger charge is 2.07. The van der Waals surface area contributed by atoms with Crippen LogP contribution in [0.25, 0.3) is 0 Å². The van der Waals surface area contributed by atoms with Crippen molar-refractivity contribution < 1.29 is 9.59 Å². The third-order valence-electron chi connectivity index (χ3n) is 1.61. The lowest BCUT2D eigenvalue weighted by atomic mass is 10.2. The summed E-state index contributed by atoms with van der Waals surface area (Å²) in [6.45, 7) is 2.60. The molecule has 0 aromatic heterocycles. The van der Waals surface area contributed by atoms with Crippen molar-refractivity contribution in [2.75, 3.05) is 13.1 Å². The van der Waals surface area contributed by atoms with E-state index in [9.17, 15) is 9.59 Å². The number of hydrogen-bond donors (Lipinski definition) is 3. The molecule has 0 aliphatic carbocycles. The molecule has 5 N–H and O–H groups in total. The Balaban J connectivity index is 3.26. The lowest BCUT2D eigenvalue weighted by molar-refractivity contribution is -0.119. The number of carbonyl (C=O) groups is 2. The standard InChI is InChI=1S/C8H17N3O2/c1-6(12)3-2-4-11-5-7(9)8(10)13/h7,11H,2-5,9H2,1H3,(H2,10,13). The fourth-order valence-electron chi connectivity index (χ4n) is 0.820. The Hall–Kier alpha value is -0.940. The number of hydrogen-bond acceptors (Lipinski definition) is 4. The van der Waals surface area contributed by atoms with Crippen LogP contribution in [0, 0.1) is 0 Å². The Morgan fingerprint density at radius 3 is 2.54 bits per heavy atom. The molecule has 0 aliphatic heterocycles. The molecule has 76 valence electrons. The maximum absolute atomic E-state index is 10.5. The van der Waals surface area contributed by atoms with Gasteiger partial charge in [0.1, 0.15) is 5.78 Å². The molecule has 0 heterocycles. The lowest BCUT2D eigenvalue weighted by Crippen LogP contribution is -2.44. The molecule has 5 heteroatoms. The summed E-state index contributed by atoms with van der Waals surface area (Å²) in [7, 11) is 0. The van der Waals surface area contributed by atoms with Gasteiger partial charge in [-0.2, -0.15) is 0 Å². The van der Waals surface area contributed by atoms with Crippen molar-refractivity contribution in [3.63, 3.8) is 0 Å². The first-order chi connectivity index (χ1) is 6.04. The zero-order chi connectivity index (χ0) is 10.3. The molecule has 0 bridgehead atoms. The molecular weight excluding hydrogens is 170 g/mol. The molecule has 0 saturated heterocycles. The number of ketones is 1. The van der Waals surface area contributed by atoms with Crippen molar-refractivity contribution in [3.05, 3.63) is 0 Å². The number of carbonyl (C=O) groups excluding carboxylic acids is 2. The van der Waals surface area contributed by atoms with Crippen molar-refractivity contribution >= 4 is 11.7 Å². The molecular formula is C8H17N3O2. The second-order valence-electron chi connectivity index (χ2n) is 3.02. The Morgan fingerprint density at radius 2 is 2.08 bits per heavy atom. The molecule has 0 saturated carbocycles. The van der Waals surface area contributed by atoms with Crippen LogP contribution < -0.4 is 16.8 Å². The fourth-order valence-corrected chi connectivity index (χ4v) is 0.820. The second kappa shape index (κ2) is 6.56. The summed E-state index contributed by atoms with van der Waals surface area (Å²) in [5, 5.41) is 2.94. The quantitative estimate of drug-likeness (QED) is 0.434. The molecule has 1 amide bonds. The Labute approximate surface area is 77.8 Å². The maximum atomic E-state index is 10.5. The highest BCUT2D eigenvalue weighted by molar-refractivity contribution is 5.79. The minimum absolute atomic E-state index is 0.168. The van der Waals surface area contributed by atoms with Crippen LogP contribution >= 0.6 is 0 Å². The summed E-state index contributed by atoms with van der Waals surface area (Å²) < 4.78 is 0. The second-order valence-corrected chi connectivity index (χ2v) is 3.02. The monoisotopic (exact) mass is 187 g/mol. The van der Waals surface area contributed by atoms with E-state index in [1.807, 2.05) is 0 Å². The van der Waals surface area contributed by atoms with Crippen molar-refractivity contribution in [2.45, 2.75) is 25.8 Å². The van der Waals surface area contributed by atoms with E-state index < -0.39 is 11.9 Å². The molecule has 0 spiro atoms. The molecule has 0 rings (SSSR count). The SMILES string of the molecule is CC(=O)CCCNCC(N)C(N)=O. The van der Waals surface area contributed by atoms with Crippen LogP contribution in [0.5, 0.6) is 0 Å². The molecule has 0 fully saturated rings. The zero-order valence-electron chi connectivity index (χ0n) is 7.88. The van der Waals surface area contributed by atoms with Crippen molar-refractivity contribution in [3.8, 4) is 0 Å². The van der Waals surface area contributed by atoms with Gasteiger partial charge in [0.25, 0.3) is 0 Å². The summed E-state index contributed by atoms with van der Waals surface area (Å²) in [4.78, 5) is 21.0. The maximum Gasteiger partial charge on any atom is 0.235 e. The number of nitrogens with two attached hydrogens (primary N) is 2. The number of rotatable bonds is 7. The number of primary amides is 1. The van der Waals surface area contributed by atoms with Gasteiger partial charge in [-0.15, -0.1) is 0 Å². The third-order valence-corrected chi connectivity index (χ3v) is 1.61. The van der Waals surface area contributed by atoms with Gasteiger partial charge < -0.3 is 21.6 Å². The van der Waals surface area contributed by atoms with Crippen LogP contribution in [0.1, 0.15) is 19.8 Å². The largest absolute Gasteiger partial charge is 0.368 e. The summed E-state index contributed by atoms with van der Waals surface area (Å²) in [6.07, 6.45) is 1.32. The first-order valence-corrected chi connectivity index (χ1v) is 4.29. The predicted octanol–water partition coefficient (Wildman–Crippen LogP) is -1.24. The van der Waals surface area contributed by atoms with Gasteiger partial charge in [0.15, 0.2) is 0 Å². The van der Waals surface area contributed by atoms with Crippen LogP contribution in [0.2, 0.25) is 0 Å². The molecule has 0 aromatic carbocycles. The third kappa shape index (κ3) is 7.42. The first kappa shape index (κ1) is 12.1. The average molecular weight is 187 g/mol. The highest BCUT2D eigenvalue weighted by Crippen LogP contribution is 1.87. The van der Waals surface area contributed by atoms with Crippen LogP contribution in [-0.2, 0) is 9.59 Å². The van der Waals surface area contributed by atoms with Gasteiger partial charge in [-0.3, -0.25) is 4.79 Å². The van der Waals surface area contributed by atoms with E-state index in [2.05, 4.69) is 5.32 Å². The van der Waals surface area contributed by atoms with Crippen LogP contribution in [0.3, 0.4) is 0 Å². The van der Waals surface area contributed by atoms with Gasteiger partial charge in [-0.1, -0.05) is 0 Å². The molecule has 1 atom stereocenters. The van der Waals surface area contributed by atoms with Gasteiger partial charge in [0.05, 0.1) is 6.04 Å². The number of nitrogens with one attached hydrogen (secondary N) is 1. The summed E-state index contributed by atoms with van der Waals surface area (Å²) in [5.41, 5.74) is 10.3. The van der Waals surface area contributed by atoms with Crippen molar-refractivity contribution in [1.82, 2.24) is 5.32 Å². The lowest BCUT2D eigenvalue weighted by Gasteiger charge is -2.07.